The van der Waals surface area contributed by atoms with E-state index < -0.39 is 11.7 Å². The van der Waals surface area contributed by atoms with Gasteiger partial charge in [0.1, 0.15) is 23.3 Å². The topological polar surface area (TPSA) is 31.5 Å². The van der Waals surface area contributed by atoms with Crippen LogP contribution >= 0.6 is 0 Å². The number of aromatic amines is 1. The van der Waals surface area contributed by atoms with Crippen molar-refractivity contribution in [2.75, 3.05) is 26.2 Å². The average molecular weight is 482 g/mol. The maximum Gasteiger partial charge on any atom is 0.132 e. The molecule has 2 aliphatic rings. The zero-order valence-electron chi connectivity index (χ0n) is 21.3. The number of halogens is 2. The molecule has 0 amide bonds. The molecule has 2 atom stereocenters. The van der Waals surface area contributed by atoms with Crippen molar-refractivity contribution in [3.8, 4) is 5.75 Å². The summed E-state index contributed by atoms with van der Waals surface area (Å²) in [4.78, 5) is 8.02. The van der Waals surface area contributed by atoms with Crippen molar-refractivity contribution in [3.63, 3.8) is 0 Å². The maximum atomic E-state index is 15.7. The van der Waals surface area contributed by atoms with E-state index in [1.54, 1.807) is 13.8 Å². The standard InChI is InChI=1S/C29H37F2N3O/c1-5-6-13-33-16-21(17-33)35-20-11-12-23(25(30)15-20)28-27-24(22-9-7-8-10-26(22)32-27)14-19(2)34(28)18-29(3,4)31/h7-12,15,19,21,28,32H,5-6,13-14,16-18H2,1-4H3/t19-,28-/m1/s1. The summed E-state index contributed by atoms with van der Waals surface area (Å²) in [6.07, 6.45) is 3.28. The third-order valence-corrected chi connectivity index (χ3v) is 7.40. The van der Waals surface area contributed by atoms with Crippen molar-refractivity contribution >= 4 is 10.9 Å². The van der Waals surface area contributed by atoms with Crippen LogP contribution in [0.2, 0.25) is 0 Å². The Labute approximate surface area is 207 Å². The summed E-state index contributed by atoms with van der Waals surface area (Å²) in [5.41, 5.74) is 2.36. The highest BCUT2D eigenvalue weighted by atomic mass is 19.1. The number of H-pyrrole nitrogens is 1. The van der Waals surface area contributed by atoms with Gasteiger partial charge in [-0.25, -0.2) is 8.78 Å². The molecule has 3 heterocycles. The van der Waals surface area contributed by atoms with Crippen LogP contribution < -0.4 is 4.74 Å². The summed E-state index contributed by atoms with van der Waals surface area (Å²) in [7, 11) is 0. The molecule has 0 bridgehead atoms. The zero-order valence-corrected chi connectivity index (χ0v) is 21.3. The molecule has 4 nitrogen and oxygen atoms in total. The van der Waals surface area contributed by atoms with E-state index in [2.05, 4.69) is 40.8 Å². The number of aromatic nitrogens is 1. The van der Waals surface area contributed by atoms with Gasteiger partial charge in [-0.1, -0.05) is 37.6 Å². The minimum atomic E-state index is -1.40. The number of fused-ring (bicyclic) bond motifs is 3. The fourth-order valence-electron chi connectivity index (χ4n) is 5.68. The Hall–Kier alpha value is -2.44. The molecule has 2 aliphatic heterocycles. The average Bonchev–Trinajstić information content (AvgIpc) is 3.13. The summed E-state index contributed by atoms with van der Waals surface area (Å²) in [6.45, 7) is 10.6. The van der Waals surface area contributed by atoms with Gasteiger partial charge >= 0.3 is 0 Å². The number of hydrogen-bond donors (Lipinski definition) is 1. The zero-order chi connectivity index (χ0) is 24.7. The summed E-state index contributed by atoms with van der Waals surface area (Å²) < 4.78 is 36.7. The molecule has 1 saturated heterocycles. The Kier molecular flexibility index (Phi) is 6.62. The van der Waals surface area contributed by atoms with E-state index in [0.717, 1.165) is 42.7 Å². The fourth-order valence-corrected chi connectivity index (χ4v) is 5.68. The molecule has 5 rings (SSSR count). The van der Waals surface area contributed by atoms with E-state index in [0.29, 0.717) is 11.3 Å². The number of nitrogens with one attached hydrogen (secondary N) is 1. The Balaban J connectivity index is 1.45. The van der Waals surface area contributed by atoms with Gasteiger partial charge in [0.2, 0.25) is 0 Å². The number of hydrogen-bond acceptors (Lipinski definition) is 3. The third kappa shape index (κ3) is 4.96. The van der Waals surface area contributed by atoms with Gasteiger partial charge in [0.15, 0.2) is 0 Å². The lowest BCUT2D eigenvalue weighted by atomic mass is 9.87. The van der Waals surface area contributed by atoms with Crippen molar-refractivity contribution in [1.82, 2.24) is 14.8 Å². The van der Waals surface area contributed by atoms with Crippen LogP contribution in [0.25, 0.3) is 10.9 Å². The minimum Gasteiger partial charge on any atom is -0.488 e. The lowest BCUT2D eigenvalue weighted by molar-refractivity contribution is 0.0191. The van der Waals surface area contributed by atoms with Gasteiger partial charge in [-0.05, 0) is 57.9 Å². The largest absolute Gasteiger partial charge is 0.488 e. The number of benzene rings is 2. The number of para-hydroxylation sites is 1. The molecule has 0 unspecified atom stereocenters. The predicted octanol–water partition coefficient (Wildman–Crippen LogP) is 6.25. The van der Waals surface area contributed by atoms with Gasteiger partial charge in [0, 0.05) is 53.9 Å². The second-order valence-corrected chi connectivity index (χ2v) is 10.9. The Bertz CT molecular complexity index is 1180. The lowest BCUT2D eigenvalue weighted by Crippen LogP contribution is -2.53. The smallest absolute Gasteiger partial charge is 0.132 e. The number of nitrogens with zero attached hydrogens (tertiary/aromatic N) is 2. The number of rotatable bonds is 8. The first-order valence-corrected chi connectivity index (χ1v) is 13.0. The SMILES string of the molecule is CCCCN1CC(Oc2ccc([C@@H]3c4[nH]c5ccccc5c4C[C@@H](C)N3CC(C)(C)F)c(F)c2)C1. The lowest BCUT2D eigenvalue weighted by Gasteiger charge is -2.43. The number of alkyl halides is 1. The molecule has 0 aliphatic carbocycles. The van der Waals surface area contributed by atoms with E-state index in [9.17, 15) is 4.39 Å². The summed E-state index contributed by atoms with van der Waals surface area (Å²) >= 11 is 0. The molecule has 1 fully saturated rings. The van der Waals surface area contributed by atoms with Crippen molar-refractivity contribution in [2.45, 2.75) is 70.8 Å². The molecule has 3 aromatic rings. The van der Waals surface area contributed by atoms with Gasteiger partial charge in [0.05, 0.1) is 6.04 Å². The first-order chi connectivity index (χ1) is 16.7. The van der Waals surface area contributed by atoms with Crippen LogP contribution in [0.15, 0.2) is 42.5 Å². The fraction of sp³-hybridized carbons (Fsp3) is 0.517. The molecule has 0 saturated carbocycles. The molecule has 188 valence electrons. The molecular formula is C29H37F2N3O. The van der Waals surface area contributed by atoms with E-state index in [-0.39, 0.29) is 24.5 Å². The van der Waals surface area contributed by atoms with Crippen LogP contribution in [0.4, 0.5) is 8.78 Å². The predicted molar refractivity (Wildman–Crippen MR) is 137 cm³/mol. The monoisotopic (exact) mass is 481 g/mol. The van der Waals surface area contributed by atoms with Gasteiger partial charge in [-0.2, -0.15) is 0 Å². The molecule has 0 radical (unpaired) electrons. The van der Waals surface area contributed by atoms with Gasteiger partial charge < -0.3 is 9.72 Å². The Morgan fingerprint density at radius 3 is 2.63 bits per heavy atom. The molecule has 1 N–H and O–H groups in total. The van der Waals surface area contributed by atoms with Crippen molar-refractivity contribution < 1.29 is 13.5 Å². The highest BCUT2D eigenvalue weighted by molar-refractivity contribution is 5.85. The quantitative estimate of drug-likeness (QED) is 0.412. The van der Waals surface area contributed by atoms with Gasteiger partial charge in [0.25, 0.3) is 0 Å². The second kappa shape index (κ2) is 9.55. The summed E-state index contributed by atoms with van der Waals surface area (Å²) in [6, 6.07) is 13.1. The van der Waals surface area contributed by atoms with E-state index >= 15 is 4.39 Å². The maximum absolute atomic E-state index is 15.7. The van der Waals surface area contributed by atoms with E-state index in [1.165, 1.54) is 24.5 Å². The number of ether oxygens (including phenoxy) is 1. The molecule has 1 aromatic heterocycles. The first kappa shape index (κ1) is 24.3. The van der Waals surface area contributed by atoms with Gasteiger partial charge in [-0.3, -0.25) is 9.80 Å². The minimum absolute atomic E-state index is 0.0705. The van der Waals surface area contributed by atoms with Crippen LogP contribution in [0, 0.1) is 5.82 Å². The van der Waals surface area contributed by atoms with Crippen molar-refractivity contribution in [2.24, 2.45) is 0 Å². The van der Waals surface area contributed by atoms with E-state index in [1.807, 2.05) is 24.3 Å². The van der Waals surface area contributed by atoms with Crippen LogP contribution in [-0.4, -0.2) is 58.8 Å². The normalized spacial score (nSPS) is 21.8. The molecular weight excluding hydrogens is 444 g/mol. The van der Waals surface area contributed by atoms with Crippen molar-refractivity contribution in [3.05, 3.63) is 65.1 Å². The summed E-state index contributed by atoms with van der Waals surface area (Å²) in [5, 5.41) is 1.16. The van der Waals surface area contributed by atoms with Crippen LogP contribution in [0.5, 0.6) is 5.75 Å². The van der Waals surface area contributed by atoms with Crippen molar-refractivity contribution in [1.29, 1.82) is 0 Å². The Morgan fingerprint density at radius 1 is 1.14 bits per heavy atom. The molecule has 2 aromatic carbocycles. The van der Waals surface area contributed by atoms with Crippen LogP contribution in [-0.2, 0) is 6.42 Å². The summed E-state index contributed by atoms with van der Waals surface area (Å²) in [5.74, 6) is 0.250. The van der Waals surface area contributed by atoms with Crippen LogP contribution in [0.3, 0.4) is 0 Å². The molecule has 6 heteroatoms. The number of unbranched alkanes of at least 4 members (excludes halogenated alkanes) is 1. The second-order valence-electron chi connectivity index (χ2n) is 10.9. The first-order valence-electron chi connectivity index (χ1n) is 13.0. The Morgan fingerprint density at radius 2 is 1.91 bits per heavy atom. The van der Waals surface area contributed by atoms with E-state index in [4.69, 9.17) is 4.74 Å². The van der Waals surface area contributed by atoms with Crippen LogP contribution in [0.1, 0.15) is 63.4 Å². The highest BCUT2D eigenvalue weighted by Crippen LogP contribution is 2.42. The molecule has 35 heavy (non-hydrogen) atoms. The number of likely N-dealkylation sites (tertiary alicyclic amines) is 1. The molecule has 0 spiro atoms. The third-order valence-electron chi connectivity index (χ3n) is 7.40. The highest BCUT2D eigenvalue weighted by Gasteiger charge is 2.39. The van der Waals surface area contributed by atoms with Gasteiger partial charge in [-0.15, -0.1) is 0 Å².